The minimum absolute atomic E-state index is 0.651. The third kappa shape index (κ3) is 3.65. The zero-order valence-electron chi connectivity index (χ0n) is 12.0. The van der Waals surface area contributed by atoms with Crippen LogP contribution in [0.3, 0.4) is 0 Å². The zero-order chi connectivity index (χ0) is 17.3. The first kappa shape index (κ1) is 18.9. The first-order chi connectivity index (χ1) is 10.8. The summed E-state index contributed by atoms with van der Waals surface area (Å²) in [6.07, 6.45) is -15.6. The van der Waals surface area contributed by atoms with Crippen LogP contribution in [0.4, 0.5) is 0 Å². The molecule has 2 aliphatic rings. The Hall–Kier alpha value is -0.440. The molecule has 8 N–H and O–H groups in total. The van der Waals surface area contributed by atoms with Crippen LogP contribution in [0.1, 0.15) is 0 Å². The Morgan fingerprint density at radius 1 is 0.652 bits per heavy atom. The van der Waals surface area contributed by atoms with E-state index in [4.69, 9.17) is 24.4 Å². The first-order valence-corrected chi connectivity index (χ1v) is 7.08. The van der Waals surface area contributed by atoms with Gasteiger partial charge in [-0.3, -0.25) is 0 Å². The van der Waals surface area contributed by atoms with Crippen molar-refractivity contribution in [3.8, 4) is 0 Å². The van der Waals surface area contributed by atoms with Gasteiger partial charge in [0.1, 0.15) is 48.8 Å². The highest BCUT2D eigenvalue weighted by Gasteiger charge is 2.50. The van der Waals surface area contributed by atoms with Crippen molar-refractivity contribution >= 4 is 0 Å². The predicted octanol–water partition coefficient (Wildman–Crippen LogP) is -5.40. The van der Waals surface area contributed by atoms with E-state index in [-0.39, 0.29) is 0 Å². The van der Waals surface area contributed by atoms with Crippen molar-refractivity contribution in [2.45, 2.75) is 61.4 Å². The van der Waals surface area contributed by atoms with E-state index in [1.807, 2.05) is 0 Å². The summed E-state index contributed by atoms with van der Waals surface area (Å²) < 4.78 is 15.1. The molecule has 2 aliphatic heterocycles. The van der Waals surface area contributed by atoms with E-state index in [1.54, 1.807) is 0 Å². The molecule has 2 fully saturated rings. The van der Waals surface area contributed by atoms with E-state index in [0.717, 1.165) is 0 Å². The minimum Gasteiger partial charge on any atom is -0.394 e. The Balaban J connectivity index is 2.08. The molecule has 0 spiro atoms. The van der Waals surface area contributed by atoms with Crippen molar-refractivity contribution in [3.63, 3.8) is 0 Å². The molecule has 0 aromatic heterocycles. The van der Waals surface area contributed by atoms with Gasteiger partial charge in [-0.1, -0.05) is 0 Å². The van der Waals surface area contributed by atoms with E-state index < -0.39 is 74.6 Å². The van der Waals surface area contributed by atoms with Gasteiger partial charge in [0.25, 0.3) is 0 Å². The lowest BCUT2D eigenvalue weighted by Crippen LogP contribution is -2.64. The van der Waals surface area contributed by atoms with Gasteiger partial charge in [-0.05, 0) is 0 Å². The minimum atomic E-state index is -1.75. The molecular weight excluding hydrogens is 320 g/mol. The second-order valence-electron chi connectivity index (χ2n) is 5.53. The number of aliphatic hydroxyl groups excluding tert-OH is 8. The number of hydrogen-bond donors (Lipinski definition) is 8. The van der Waals surface area contributed by atoms with E-state index >= 15 is 0 Å². The van der Waals surface area contributed by atoms with E-state index in [0.29, 0.717) is 0 Å². The van der Waals surface area contributed by atoms with Crippen LogP contribution < -0.4 is 0 Å². The van der Waals surface area contributed by atoms with Gasteiger partial charge in [-0.15, -0.1) is 0 Å². The maximum absolute atomic E-state index is 9.94. The zero-order valence-corrected chi connectivity index (χ0v) is 12.0. The summed E-state index contributed by atoms with van der Waals surface area (Å²) in [5.41, 5.74) is 0. The fourth-order valence-electron chi connectivity index (χ4n) is 2.55. The van der Waals surface area contributed by atoms with Crippen molar-refractivity contribution in [1.82, 2.24) is 0 Å². The molecule has 2 heterocycles. The Morgan fingerprint density at radius 2 is 1.17 bits per heavy atom. The number of aliphatic hydroxyl groups is 8. The summed E-state index contributed by atoms with van der Waals surface area (Å²) in [6, 6.07) is 0. The van der Waals surface area contributed by atoms with Crippen LogP contribution in [0.5, 0.6) is 0 Å². The molecule has 0 aromatic rings. The van der Waals surface area contributed by atoms with Gasteiger partial charge in [0.15, 0.2) is 12.6 Å². The molecule has 136 valence electrons. The van der Waals surface area contributed by atoms with Crippen LogP contribution in [0.25, 0.3) is 0 Å². The average molecular weight is 342 g/mol. The molecule has 11 nitrogen and oxygen atoms in total. The molecule has 0 saturated carbocycles. The molecule has 11 heteroatoms. The third-order valence-corrected chi connectivity index (χ3v) is 3.98. The smallest absolute Gasteiger partial charge is 0.187 e. The lowest BCUT2D eigenvalue weighted by Gasteiger charge is -2.44. The quantitative estimate of drug-likeness (QED) is 0.243. The molecule has 2 rings (SSSR count). The van der Waals surface area contributed by atoms with E-state index in [2.05, 4.69) is 0 Å². The summed E-state index contributed by atoms with van der Waals surface area (Å²) in [6.45, 7) is -1.33. The van der Waals surface area contributed by atoms with Crippen LogP contribution in [0.2, 0.25) is 0 Å². The van der Waals surface area contributed by atoms with Gasteiger partial charge in [0.2, 0.25) is 0 Å². The fourth-order valence-corrected chi connectivity index (χ4v) is 2.55. The fraction of sp³-hybridized carbons (Fsp3) is 1.00. The summed E-state index contributed by atoms with van der Waals surface area (Å²) in [7, 11) is 0. The summed E-state index contributed by atoms with van der Waals surface area (Å²) >= 11 is 0. The number of rotatable bonds is 4. The standard InChI is InChI=1S/C12H22O11/c13-1-3-6(16)8(18)10(11(20)21-3)23-12-9(19)7(17)5(15)4(2-14)22-12/h3-20H,1-2H2/t3?,4?,5-,6-,7-,8-,9?,10?,11+,12-/m0/s1. The van der Waals surface area contributed by atoms with Crippen molar-refractivity contribution in [1.29, 1.82) is 0 Å². The molecular formula is C12H22O11. The monoisotopic (exact) mass is 342 g/mol. The van der Waals surface area contributed by atoms with Gasteiger partial charge >= 0.3 is 0 Å². The van der Waals surface area contributed by atoms with Crippen molar-refractivity contribution < 1.29 is 55.1 Å². The number of hydrogen-bond acceptors (Lipinski definition) is 11. The molecule has 0 aliphatic carbocycles. The van der Waals surface area contributed by atoms with Gasteiger partial charge < -0.3 is 55.1 Å². The molecule has 0 bridgehead atoms. The number of ether oxygens (including phenoxy) is 3. The maximum Gasteiger partial charge on any atom is 0.187 e. The average Bonchev–Trinajstić information content (AvgIpc) is 2.54. The lowest BCUT2D eigenvalue weighted by atomic mass is 9.97. The second-order valence-corrected chi connectivity index (χ2v) is 5.53. The van der Waals surface area contributed by atoms with Crippen LogP contribution in [0.15, 0.2) is 0 Å². The Bertz CT molecular complexity index is 380. The van der Waals surface area contributed by atoms with Crippen LogP contribution in [-0.4, -0.2) is 115 Å². The maximum atomic E-state index is 9.94. The molecule has 23 heavy (non-hydrogen) atoms. The third-order valence-electron chi connectivity index (χ3n) is 3.98. The highest BCUT2D eigenvalue weighted by Crippen LogP contribution is 2.28. The second kappa shape index (κ2) is 7.63. The molecule has 4 unspecified atom stereocenters. The highest BCUT2D eigenvalue weighted by atomic mass is 16.7. The normalized spacial score (nSPS) is 51.7. The lowest BCUT2D eigenvalue weighted by molar-refractivity contribution is -0.361. The summed E-state index contributed by atoms with van der Waals surface area (Å²) in [5.74, 6) is 0. The molecule has 10 atom stereocenters. The predicted molar refractivity (Wildman–Crippen MR) is 68.6 cm³/mol. The molecule has 0 radical (unpaired) electrons. The Labute approximate surface area is 130 Å². The summed E-state index contributed by atoms with van der Waals surface area (Å²) in [4.78, 5) is 0. The van der Waals surface area contributed by atoms with Crippen LogP contribution in [0, 0.1) is 0 Å². The van der Waals surface area contributed by atoms with Crippen molar-refractivity contribution in [3.05, 3.63) is 0 Å². The van der Waals surface area contributed by atoms with Gasteiger partial charge in [-0.2, -0.15) is 0 Å². The van der Waals surface area contributed by atoms with Crippen molar-refractivity contribution in [2.24, 2.45) is 0 Å². The van der Waals surface area contributed by atoms with Crippen molar-refractivity contribution in [2.75, 3.05) is 13.2 Å². The molecule has 0 amide bonds. The molecule has 2 saturated heterocycles. The van der Waals surface area contributed by atoms with Gasteiger partial charge in [0.05, 0.1) is 13.2 Å². The largest absolute Gasteiger partial charge is 0.394 e. The van der Waals surface area contributed by atoms with Gasteiger partial charge in [0, 0.05) is 0 Å². The van der Waals surface area contributed by atoms with E-state index in [9.17, 15) is 30.6 Å². The molecule has 0 aromatic carbocycles. The van der Waals surface area contributed by atoms with Crippen LogP contribution >= 0.6 is 0 Å². The highest BCUT2D eigenvalue weighted by molar-refractivity contribution is 4.93. The van der Waals surface area contributed by atoms with Crippen LogP contribution in [-0.2, 0) is 14.2 Å². The first-order valence-electron chi connectivity index (χ1n) is 7.08. The van der Waals surface area contributed by atoms with E-state index in [1.165, 1.54) is 0 Å². The summed E-state index contributed by atoms with van der Waals surface area (Å²) in [5, 5.41) is 76.7. The SMILES string of the molecule is OCC1O[C@@H](OC2[C@H](O)OC(CO)[C@H](O)[C@@H]2O)C(O)[C@@H](O)[C@H]1O. The van der Waals surface area contributed by atoms with Gasteiger partial charge in [-0.25, -0.2) is 0 Å². The topological polar surface area (TPSA) is 190 Å². The Kier molecular flexibility index (Phi) is 6.27. The Morgan fingerprint density at radius 3 is 1.74 bits per heavy atom.